The molecule has 7 nitrogen and oxygen atoms in total. The van der Waals surface area contributed by atoms with Gasteiger partial charge in [0.1, 0.15) is 5.75 Å². The van der Waals surface area contributed by atoms with Crippen LogP contribution in [0.3, 0.4) is 0 Å². The van der Waals surface area contributed by atoms with Gasteiger partial charge in [0.05, 0.1) is 29.5 Å². The lowest BCUT2D eigenvalue weighted by molar-refractivity contribution is -0.118. The van der Waals surface area contributed by atoms with Crippen molar-refractivity contribution in [3.8, 4) is 11.4 Å². The Hall–Kier alpha value is -4.17. The predicted octanol–water partition coefficient (Wildman–Crippen LogP) is 4.30. The van der Waals surface area contributed by atoms with Crippen LogP contribution in [0.15, 0.2) is 100.0 Å². The van der Waals surface area contributed by atoms with Crippen LogP contribution >= 0.6 is 11.8 Å². The number of carbonyl (C=O) groups is 1. The highest BCUT2D eigenvalue weighted by molar-refractivity contribution is 7.99. The fourth-order valence-electron chi connectivity index (χ4n) is 3.20. The monoisotopic (exact) mass is 470 g/mol. The number of para-hydroxylation sites is 1. The van der Waals surface area contributed by atoms with Crippen molar-refractivity contribution >= 4 is 40.9 Å². The number of nitrogens with one attached hydrogen (secondary N) is 1. The number of hydrogen-bond acceptors (Lipinski definition) is 6. The molecule has 0 saturated carbocycles. The van der Waals surface area contributed by atoms with E-state index in [2.05, 4.69) is 15.5 Å². The van der Waals surface area contributed by atoms with Gasteiger partial charge in [0.2, 0.25) is 0 Å². The highest BCUT2D eigenvalue weighted by atomic mass is 32.2. The predicted molar refractivity (Wildman–Crippen MR) is 137 cm³/mol. The molecule has 0 unspecified atom stereocenters. The molecule has 0 spiro atoms. The number of methoxy groups -OCH3 is 1. The third-order valence-corrected chi connectivity index (χ3v) is 5.78. The molecule has 34 heavy (non-hydrogen) atoms. The zero-order chi connectivity index (χ0) is 23.8. The zero-order valence-corrected chi connectivity index (χ0v) is 19.2. The van der Waals surface area contributed by atoms with E-state index < -0.39 is 0 Å². The van der Waals surface area contributed by atoms with Gasteiger partial charge in [0.15, 0.2) is 5.16 Å². The molecule has 1 aromatic heterocycles. The Bertz CT molecular complexity index is 1400. The summed E-state index contributed by atoms with van der Waals surface area (Å²) in [6.07, 6.45) is 5.14. The third-order valence-electron chi connectivity index (χ3n) is 4.85. The maximum atomic E-state index is 13.3. The minimum absolute atomic E-state index is 0.0423. The Balaban J connectivity index is 1.50. The summed E-state index contributed by atoms with van der Waals surface area (Å²) in [6, 6.07) is 24.0. The molecule has 4 aromatic rings. The van der Waals surface area contributed by atoms with Crippen molar-refractivity contribution in [1.29, 1.82) is 0 Å². The van der Waals surface area contributed by atoms with Crippen LogP contribution in [-0.4, -0.2) is 34.5 Å². The number of allylic oxidation sites excluding steroid dienone is 1. The summed E-state index contributed by atoms with van der Waals surface area (Å²) >= 11 is 1.17. The minimum atomic E-state index is -0.307. The first-order valence-corrected chi connectivity index (χ1v) is 11.5. The smallest absolute Gasteiger partial charge is 0.266 e. The van der Waals surface area contributed by atoms with Crippen molar-refractivity contribution in [3.05, 3.63) is 101 Å². The van der Waals surface area contributed by atoms with Gasteiger partial charge in [-0.25, -0.2) is 10.4 Å². The molecule has 0 aliphatic carbocycles. The van der Waals surface area contributed by atoms with Crippen molar-refractivity contribution in [2.75, 3.05) is 12.9 Å². The van der Waals surface area contributed by atoms with Crippen LogP contribution in [0, 0.1) is 0 Å². The van der Waals surface area contributed by atoms with Crippen molar-refractivity contribution < 1.29 is 9.53 Å². The summed E-state index contributed by atoms with van der Waals surface area (Å²) in [7, 11) is 1.58. The van der Waals surface area contributed by atoms with E-state index in [9.17, 15) is 9.59 Å². The van der Waals surface area contributed by atoms with Crippen molar-refractivity contribution in [2.45, 2.75) is 5.16 Å². The molecule has 8 heteroatoms. The third kappa shape index (κ3) is 5.60. The fraction of sp³-hybridized carbons (Fsp3) is 0.0769. The first kappa shape index (κ1) is 23.0. The summed E-state index contributed by atoms with van der Waals surface area (Å²) in [5, 5.41) is 4.85. The molecule has 170 valence electrons. The van der Waals surface area contributed by atoms with Crippen LogP contribution in [0.1, 0.15) is 5.56 Å². The number of fused-ring (bicyclic) bond motifs is 1. The fourth-order valence-corrected chi connectivity index (χ4v) is 4.01. The number of nitrogens with zero attached hydrogens (tertiary/aromatic N) is 3. The average molecular weight is 471 g/mol. The van der Waals surface area contributed by atoms with E-state index >= 15 is 0 Å². The summed E-state index contributed by atoms with van der Waals surface area (Å²) in [6.45, 7) is 0. The van der Waals surface area contributed by atoms with Gasteiger partial charge >= 0.3 is 0 Å². The number of rotatable bonds is 8. The number of benzene rings is 3. The van der Waals surface area contributed by atoms with Gasteiger partial charge in [0, 0.05) is 6.21 Å². The Morgan fingerprint density at radius 2 is 1.79 bits per heavy atom. The first-order chi connectivity index (χ1) is 16.7. The molecular formula is C26H22N4O3S. The van der Waals surface area contributed by atoms with Crippen molar-refractivity contribution in [3.63, 3.8) is 0 Å². The van der Waals surface area contributed by atoms with E-state index in [0.717, 1.165) is 5.56 Å². The van der Waals surface area contributed by atoms with Crippen molar-refractivity contribution in [1.82, 2.24) is 15.0 Å². The summed E-state index contributed by atoms with van der Waals surface area (Å²) in [4.78, 5) is 30.2. The number of aromatic nitrogens is 2. The average Bonchev–Trinajstić information content (AvgIpc) is 2.88. The molecule has 3 aromatic carbocycles. The molecule has 1 heterocycles. The van der Waals surface area contributed by atoms with E-state index in [1.807, 2.05) is 42.5 Å². The standard InChI is InChI=1S/C26H22N4O3S/c1-33-21-15-13-20(14-16-21)30-25(32)22-11-5-6-12-23(22)28-26(30)34-18-24(31)29-27-17-7-10-19-8-3-2-4-9-19/h2-17H,18H2,1H3,(H,29,31)/b10-7+,27-17-. The largest absolute Gasteiger partial charge is 0.497 e. The molecule has 1 N–H and O–H groups in total. The second-order valence-electron chi connectivity index (χ2n) is 7.12. The Kier molecular flexibility index (Phi) is 7.52. The normalized spacial score (nSPS) is 11.3. The molecule has 0 radical (unpaired) electrons. The highest BCUT2D eigenvalue weighted by Crippen LogP contribution is 2.22. The van der Waals surface area contributed by atoms with Gasteiger partial charge < -0.3 is 4.74 Å². The van der Waals surface area contributed by atoms with Crippen LogP contribution in [0.25, 0.3) is 22.7 Å². The van der Waals surface area contributed by atoms with Crippen LogP contribution in [0.2, 0.25) is 0 Å². The summed E-state index contributed by atoms with van der Waals surface area (Å²) in [5.41, 5.74) is 4.53. The quantitative estimate of drug-likeness (QED) is 0.180. The molecule has 0 saturated heterocycles. The van der Waals surface area contributed by atoms with E-state index in [0.29, 0.717) is 27.5 Å². The number of carbonyl (C=O) groups excluding carboxylic acids is 1. The number of thioether (sulfide) groups is 1. The zero-order valence-electron chi connectivity index (χ0n) is 18.4. The second kappa shape index (κ2) is 11.1. The van der Waals surface area contributed by atoms with Gasteiger partial charge in [-0.2, -0.15) is 5.10 Å². The Morgan fingerprint density at radius 3 is 2.56 bits per heavy atom. The first-order valence-electron chi connectivity index (χ1n) is 10.5. The van der Waals surface area contributed by atoms with E-state index in [-0.39, 0.29) is 17.2 Å². The number of hydrazone groups is 1. The topological polar surface area (TPSA) is 85.6 Å². The highest BCUT2D eigenvalue weighted by Gasteiger charge is 2.14. The van der Waals surface area contributed by atoms with Crippen LogP contribution in [-0.2, 0) is 4.79 Å². The van der Waals surface area contributed by atoms with E-state index in [1.54, 1.807) is 55.7 Å². The maximum absolute atomic E-state index is 13.3. The lowest BCUT2D eigenvalue weighted by Gasteiger charge is -2.13. The molecule has 4 rings (SSSR count). The Morgan fingerprint density at radius 1 is 1.06 bits per heavy atom. The number of amides is 1. The van der Waals surface area contributed by atoms with Gasteiger partial charge in [-0.1, -0.05) is 60.3 Å². The lowest BCUT2D eigenvalue weighted by Crippen LogP contribution is -2.24. The molecule has 0 atom stereocenters. The summed E-state index contributed by atoms with van der Waals surface area (Å²) < 4.78 is 6.72. The second-order valence-corrected chi connectivity index (χ2v) is 8.06. The molecular weight excluding hydrogens is 448 g/mol. The number of ether oxygens (including phenoxy) is 1. The molecule has 0 aliphatic rings. The maximum Gasteiger partial charge on any atom is 0.266 e. The van der Waals surface area contributed by atoms with Crippen LogP contribution in [0.4, 0.5) is 0 Å². The lowest BCUT2D eigenvalue weighted by atomic mass is 10.2. The van der Waals surface area contributed by atoms with Gasteiger partial charge in [-0.05, 0) is 48.0 Å². The van der Waals surface area contributed by atoms with Crippen LogP contribution in [0.5, 0.6) is 5.75 Å². The van der Waals surface area contributed by atoms with E-state index in [1.165, 1.54) is 22.5 Å². The Labute approximate surface area is 200 Å². The van der Waals surface area contributed by atoms with Gasteiger partial charge in [-0.15, -0.1) is 0 Å². The molecule has 0 fully saturated rings. The SMILES string of the molecule is COc1ccc(-n2c(SCC(=O)N/N=C\C=C\c3ccccc3)nc3ccccc3c2=O)cc1. The van der Waals surface area contributed by atoms with Gasteiger partial charge in [0.25, 0.3) is 11.5 Å². The summed E-state index contributed by atoms with van der Waals surface area (Å²) in [5.74, 6) is 0.414. The minimum Gasteiger partial charge on any atom is -0.497 e. The van der Waals surface area contributed by atoms with E-state index in [4.69, 9.17) is 4.74 Å². The van der Waals surface area contributed by atoms with Crippen LogP contribution < -0.4 is 15.7 Å². The molecule has 1 amide bonds. The number of hydrogen-bond donors (Lipinski definition) is 1. The molecule has 0 aliphatic heterocycles. The van der Waals surface area contributed by atoms with Crippen molar-refractivity contribution in [2.24, 2.45) is 5.10 Å². The van der Waals surface area contributed by atoms with Gasteiger partial charge in [-0.3, -0.25) is 14.2 Å². The molecule has 0 bridgehead atoms.